The molecule has 2 rings (SSSR count). The molecule has 0 bridgehead atoms. The van der Waals surface area contributed by atoms with Crippen LogP contribution in [0.5, 0.6) is 0 Å². The zero-order chi connectivity index (χ0) is 19.2. The Morgan fingerprint density at radius 3 is 2.04 bits per heavy atom. The lowest BCUT2D eigenvalue weighted by atomic mass is 10.1. The fraction of sp³-hybridized carbons (Fsp3) is 0.348. The molecule has 0 fully saturated rings. The topological polar surface area (TPSA) is 26.3 Å². The van der Waals surface area contributed by atoms with E-state index in [1.807, 2.05) is 61.5 Å². The highest BCUT2D eigenvalue weighted by molar-refractivity contribution is 6.92. The van der Waals surface area contributed by atoms with Crippen LogP contribution in [0.15, 0.2) is 71.9 Å². The average molecular weight is 367 g/mol. The van der Waals surface area contributed by atoms with Gasteiger partial charge in [-0.25, -0.2) is 0 Å². The molecule has 138 valence electrons. The van der Waals surface area contributed by atoms with E-state index in [-0.39, 0.29) is 10.8 Å². The molecule has 2 nitrogen and oxygen atoms in total. The van der Waals surface area contributed by atoms with Gasteiger partial charge < -0.3 is 4.74 Å². The maximum Gasteiger partial charge on any atom is 0.184 e. The van der Waals surface area contributed by atoms with Crippen LogP contribution in [0.1, 0.15) is 43.6 Å². The molecule has 0 spiro atoms. The summed E-state index contributed by atoms with van der Waals surface area (Å²) in [5.74, 6) is 0.139. The fourth-order valence-corrected chi connectivity index (χ4v) is 6.28. The molecule has 0 aliphatic carbocycles. The molecule has 2 aromatic rings. The lowest BCUT2D eigenvalue weighted by Crippen LogP contribution is -2.50. The first-order valence-corrected chi connectivity index (χ1v) is 11.9. The number of benzene rings is 2. The number of allylic oxidation sites excluding steroid dienone is 2. The van der Waals surface area contributed by atoms with E-state index in [2.05, 4.69) is 39.5 Å². The van der Waals surface area contributed by atoms with Crippen molar-refractivity contribution in [2.75, 3.05) is 6.23 Å². The van der Waals surface area contributed by atoms with Crippen molar-refractivity contribution in [2.24, 2.45) is 0 Å². The maximum atomic E-state index is 13.2. The van der Waals surface area contributed by atoms with Gasteiger partial charge in [0.25, 0.3) is 0 Å². The third-order valence-electron chi connectivity index (χ3n) is 5.32. The van der Waals surface area contributed by atoms with Gasteiger partial charge in [-0.2, -0.15) is 0 Å². The number of carbonyl (C=O) groups is 1. The Morgan fingerprint density at radius 1 is 1.00 bits per heavy atom. The summed E-state index contributed by atoms with van der Waals surface area (Å²) in [6, 6.07) is 19.8. The number of ketones is 1. The SMILES string of the molecule is C/C=C(/C(=O)c1ccccc1)[Si](C)(COCc1ccccc1)C(C)(C)C. The Balaban J connectivity index is 2.25. The second-order valence-electron chi connectivity index (χ2n) is 7.96. The van der Waals surface area contributed by atoms with Gasteiger partial charge in [0.1, 0.15) is 8.07 Å². The van der Waals surface area contributed by atoms with Crippen LogP contribution in [0.25, 0.3) is 0 Å². The Labute approximate surface area is 158 Å². The highest BCUT2D eigenvalue weighted by atomic mass is 28.3. The first kappa shape index (κ1) is 20.3. The van der Waals surface area contributed by atoms with Crippen molar-refractivity contribution in [3.63, 3.8) is 0 Å². The van der Waals surface area contributed by atoms with Crippen molar-refractivity contribution >= 4 is 13.9 Å². The van der Waals surface area contributed by atoms with Gasteiger partial charge in [-0.15, -0.1) is 0 Å². The smallest absolute Gasteiger partial charge is 0.184 e. The van der Waals surface area contributed by atoms with Gasteiger partial charge in [-0.3, -0.25) is 4.79 Å². The van der Waals surface area contributed by atoms with Gasteiger partial charge in [0.05, 0.1) is 6.61 Å². The molecule has 0 radical (unpaired) electrons. The summed E-state index contributed by atoms with van der Waals surface area (Å²) in [4.78, 5) is 13.2. The minimum Gasteiger partial charge on any atom is -0.380 e. The van der Waals surface area contributed by atoms with Crippen molar-refractivity contribution < 1.29 is 9.53 Å². The van der Waals surface area contributed by atoms with Crippen molar-refractivity contribution in [3.05, 3.63) is 83.1 Å². The summed E-state index contributed by atoms with van der Waals surface area (Å²) in [5, 5.41) is 0.958. The van der Waals surface area contributed by atoms with E-state index in [4.69, 9.17) is 4.74 Å². The largest absolute Gasteiger partial charge is 0.380 e. The molecule has 0 saturated heterocycles. The second kappa shape index (κ2) is 8.61. The molecule has 1 unspecified atom stereocenters. The van der Waals surface area contributed by atoms with Crippen LogP contribution in [0.4, 0.5) is 0 Å². The van der Waals surface area contributed by atoms with Crippen molar-refractivity contribution in [1.82, 2.24) is 0 Å². The van der Waals surface area contributed by atoms with Gasteiger partial charge in [-0.1, -0.05) is 94.1 Å². The minimum absolute atomic E-state index is 0.00989. The van der Waals surface area contributed by atoms with E-state index in [0.29, 0.717) is 12.8 Å². The summed E-state index contributed by atoms with van der Waals surface area (Å²) in [6.45, 7) is 11.5. The lowest BCUT2D eigenvalue weighted by molar-refractivity contribution is 0.103. The average Bonchev–Trinajstić information content (AvgIpc) is 2.63. The zero-order valence-electron chi connectivity index (χ0n) is 16.6. The van der Waals surface area contributed by atoms with Crippen LogP contribution < -0.4 is 0 Å². The normalized spacial score (nSPS) is 14.7. The van der Waals surface area contributed by atoms with E-state index >= 15 is 0 Å². The quantitative estimate of drug-likeness (QED) is 0.342. The number of hydrogen-bond donors (Lipinski definition) is 0. The van der Waals surface area contributed by atoms with Gasteiger partial charge in [0.2, 0.25) is 0 Å². The first-order chi connectivity index (χ1) is 12.3. The number of hydrogen-bond acceptors (Lipinski definition) is 2. The van der Waals surface area contributed by atoms with Gasteiger partial charge in [0, 0.05) is 11.8 Å². The number of Topliss-reactive ketones (excluding diaryl/α,β-unsaturated/α-hetero) is 1. The lowest BCUT2D eigenvalue weighted by Gasteiger charge is -2.41. The molecule has 26 heavy (non-hydrogen) atoms. The maximum absolute atomic E-state index is 13.2. The molecule has 0 amide bonds. The first-order valence-electron chi connectivity index (χ1n) is 9.18. The molecular formula is C23H30O2Si. The molecule has 0 heterocycles. The van der Waals surface area contributed by atoms with Crippen LogP contribution in [0, 0.1) is 0 Å². The summed E-state index contributed by atoms with van der Waals surface area (Å²) in [5.41, 5.74) is 1.92. The molecule has 0 N–H and O–H groups in total. The molecular weight excluding hydrogens is 336 g/mol. The van der Waals surface area contributed by atoms with E-state index in [0.717, 1.165) is 16.3 Å². The van der Waals surface area contributed by atoms with Gasteiger partial charge in [0.15, 0.2) is 5.78 Å². The van der Waals surface area contributed by atoms with E-state index < -0.39 is 8.07 Å². The summed E-state index contributed by atoms with van der Waals surface area (Å²) >= 11 is 0. The van der Waals surface area contributed by atoms with Crippen LogP contribution in [-0.2, 0) is 11.3 Å². The van der Waals surface area contributed by atoms with Crippen LogP contribution in [0.3, 0.4) is 0 Å². The molecule has 0 saturated carbocycles. The molecule has 1 atom stereocenters. The number of ether oxygens (including phenoxy) is 1. The molecule has 0 aromatic heterocycles. The minimum atomic E-state index is -2.19. The Hall–Kier alpha value is -1.97. The third kappa shape index (κ3) is 4.60. The van der Waals surface area contributed by atoms with Crippen molar-refractivity contribution in [3.8, 4) is 0 Å². The number of rotatable bonds is 7. The zero-order valence-corrected chi connectivity index (χ0v) is 17.6. The molecule has 2 aromatic carbocycles. The van der Waals surface area contributed by atoms with Gasteiger partial charge in [-0.05, 0) is 22.7 Å². The van der Waals surface area contributed by atoms with E-state index in [1.54, 1.807) is 0 Å². The Morgan fingerprint density at radius 2 is 1.54 bits per heavy atom. The highest BCUT2D eigenvalue weighted by Gasteiger charge is 2.45. The molecule has 0 aliphatic rings. The summed E-state index contributed by atoms with van der Waals surface area (Å²) in [7, 11) is -2.19. The van der Waals surface area contributed by atoms with Crippen LogP contribution in [-0.4, -0.2) is 20.1 Å². The summed E-state index contributed by atoms with van der Waals surface area (Å²) < 4.78 is 6.15. The van der Waals surface area contributed by atoms with E-state index in [9.17, 15) is 4.79 Å². The van der Waals surface area contributed by atoms with Crippen LogP contribution in [0.2, 0.25) is 11.6 Å². The monoisotopic (exact) mass is 366 g/mol. The molecule has 3 heteroatoms. The van der Waals surface area contributed by atoms with Crippen molar-refractivity contribution in [2.45, 2.75) is 45.9 Å². The predicted molar refractivity (Wildman–Crippen MR) is 112 cm³/mol. The second-order valence-corrected chi connectivity index (χ2v) is 12.9. The van der Waals surface area contributed by atoms with E-state index in [1.165, 1.54) is 0 Å². The highest BCUT2D eigenvalue weighted by Crippen LogP contribution is 2.42. The Bertz CT molecular complexity index is 745. The summed E-state index contributed by atoms with van der Waals surface area (Å²) in [6.07, 6.45) is 2.64. The molecule has 0 aliphatic heterocycles. The van der Waals surface area contributed by atoms with Gasteiger partial charge >= 0.3 is 0 Å². The predicted octanol–water partition coefficient (Wildman–Crippen LogP) is 5.99. The fourth-order valence-electron chi connectivity index (χ4n) is 3.09. The standard InChI is InChI=1S/C23H30O2Si/c1-6-21(22(24)20-15-11-8-12-16-20)26(5,23(2,3)4)18-25-17-19-13-9-7-10-14-19/h6-16H,17-18H2,1-5H3/b21-6-. The van der Waals surface area contributed by atoms with Crippen LogP contribution >= 0.6 is 0 Å². The number of carbonyl (C=O) groups excluding carboxylic acids is 1. The van der Waals surface area contributed by atoms with Crippen molar-refractivity contribution in [1.29, 1.82) is 0 Å². The third-order valence-corrected chi connectivity index (χ3v) is 11.1. The Kier molecular flexibility index (Phi) is 6.73.